The van der Waals surface area contributed by atoms with Gasteiger partial charge in [0.2, 0.25) is 0 Å². The lowest BCUT2D eigenvalue weighted by molar-refractivity contribution is -0.253. The lowest BCUT2D eigenvalue weighted by Gasteiger charge is -1.99. The van der Waals surface area contributed by atoms with E-state index in [1.165, 1.54) is 0 Å². The van der Waals surface area contributed by atoms with E-state index in [9.17, 15) is 19.2 Å². The minimum atomic E-state index is -1.11. The molecule has 1 rings (SSSR count). The molecule has 0 N–H and O–H groups in total. The van der Waals surface area contributed by atoms with Crippen molar-refractivity contribution in [2.24, 2.45) is 0 Å². The standard InChI is InChI=1S/C8H4O8/c9-5-1-2-6(10)14-16-8(12)4-3-7(11)15-13-5/h1-4H/b2-1-,4-3-. The Morgan fingerprint density at radius 2 is 0.688 bits per heavy atom. The molecule has 1 aliphatic heterocycles. The fourth-order valence-electron chi connectivity index (χ4n) is 0.548. The fourth-order valence-corrected chi connectivity index (χ4v) is 0.548. The zero-order valence-corrected chi connectivity index (χ0v) is 7.58. The maximum Gasteiger partial charge on any atom is 0.379 e. The molecular formula is C8H4O8. The van der Waals surface area contributed by atoms with Crippen LogP contribution in [0.15, 0.2) is 24.3 Å². The molecule has 0 aromatic carbocycles. The van der Waals surface area contributed by atoms with Crippen molar-refractivity contribution in [1.29, 1.82) is 0 Å². The van der Waals surface area contributed by atoms with E-state index >= 15 is 0 Å². The van der Waals surface area contributed by atoms with Crippen LogP contribution < -0.4 is 0 Å². The Balaban J connectivity index is 2.74. The molecule has 0 fully saturated rings. The average Bonchev–Trinajstić information content (AvgIpc) is 2.27. The Kier molecular flexibility index (Phi) is 3.78. The molecule has 0 aliphatic carbocycles. The lowest BCUT2D eigenvalue weighted by Crippen LogP contribution is -2.12. The Bertz CT molecular complexity index is 317. The van der Waals surface area contributed by atoms with E-state index in [-0.39, 0.29) is 0 Å². The predicted octanol–water partition coefficient (Wildman–Crippen LogP) is -0.885. The first kappa shape index (κ1) is 11.4. The van der Waals surface area contributed by atoms with Gasteiger partial charge in [-0.1, -0.05) is 0 Å². The van der Waals surface area contributed by atoms with Crippen molar-refractivity contribution in [2.75, 3.05) is 0 Å². The Labute approximate surface area is 87.9 Å². The molecule has 84 valence electrons. The first-order valence-electron chi connectivity index (χ1n) is 3.79. The zero-order chi connectivity index (χ0) is 12.0. The second-order valence-electron chi connectivity index (χ2n) is 2.28. The average molecular weight is 228 g/mol. The summed E-state index contributed by atoms with van der Waals surface area (Å²) in [7, 11) is 0. The first-order valence-corrected chi connectivity index (χ1v) is 3.79. The van der Waals surface area contributed by atoms with E-state index in [1.54, 1.807) is 0 Å². The van der Waals surface area contributed by atoms with Crippen molar-refractivity contribution >= 4 is 23.9 Å². The van der Waals surface area contributed by atoms with Crippen LogP contribution in [0.4, 0.5) is 0 Å². The van der Waals surface area contributed by atoms with Gasteiger partial charge in [0.25, 0.3) is 0 Å². The quantitative estimate of drug-likeness (QED) is 0.492. The minimum Gasteiger partial charge on any atom is -0.242 e. The maximum atomic E-state index is 10.7. The third-order valence-electron chi connectivity index (χ3n) is 1.12. The molecule has 0 aromatic rings. The normalized spacial score (nSPS) is 21.5. The molecule has 8 nitrogen and oxygen atoms in total. The van der Waals surface area contributed by atoms with Crippen molar-refractivity contribution in [2.45, 2.75) is 0 Å². The highest BCUT2D eigenvalue weighted by atomic mass is 17.2. The number of hydrogen-bond donors (Lipinski definition) is 0. The van der Waals surface area contributed by atoms with Gasteiger partial charge >= 0.3 is 23.9 Å². The van der Waals surface area contributed by atoms with E-state index in [2.05, 4.69) is 19.6 Å². The van der Waals surface area contributed by atoms with Crippen LogP contribution in [-0.4, -0.2) is 23.9 Å². The summed E-state index contributed by atoms with van der Waals surface area (Å²) in [6.07, 6.45) is 2.48. The van der Waals surface area contributed by atoms with Gasteiger partial charge in [-0.05, 0) is 0 Å². The van der Waals surface area contributed by atoms with Gasteiger partial charge in [0.15, 0.2) is 0 Å². The number of carbonyl (C=O) groups is 4. The van der Waals surface area contributed by atoms with Crippen molar-refractivity contribution < 1.29 is 38.7 Å². The van der Waals surface area contributed by atoms with Crippen LogP contribution in [0, 0.1) is 0 Å². The molecule has 0 aromatic heterocycles. The van der Waals surface area contributed by atoms with E-state index in [0.29, 0.717) is 24.3 Å². The van der Waals surface area contributed by atoms with Gasteiger partial charge in [0.1, 0.15) is 0 Å². The van der Waals surface area contributed by atoms with Crippen molar-refractivity contribution in [3.05, 3.63) is 24.3 Å². The summed E-state index contributed by atoms with van der Waals surface area (Å²) in [6, 6.07) is 0. The van der Waals surface area contributed by atoms with E-state index in [1.807, 2.05) is 0 Å². The van der Waals surface area contributed by atoms with Crippen LogP contribution in [-0.2, 0) is 38.7 Å². The molecular weight excluding hydrogens is 224 g/mol. The molecule has 0 saturated carbocycles. The molecule has 8 heteroatoms. The Morgan fingerprint density at radius 1 is 0.500 bits per heavy atom. The number of carbonyl (C=O) groups excluding carboxylic acids is 4. The topological polar surface area (TPSA) is 105 Å². The molecule has 0 bridgehead atoms. The highest BCUT2D eigenvalue weighted by Gasteiger charge is 2.10. The van der Waals surface area contributed by atoms with Crippen LogP contribution >= 0.6 is 0 Å². The second-order valence-corrected chi connectivity index (χ2v) is 2.28. The van der Waals surface area contributed by atoms with Crippen LogP contribution in [0.3, 0.4) is 0 Å². The highest BCUT2D eigenvalue weighted by Crippen LogP contribution is 1.93. The summed E-state index contributed by atoms with van der Waals surface area (Å²) in [5, 5.41) is 0. The first-order chi connectivity index (χ1) is 7.58. The van der Waals surface area contributed by atoms with Crippen molar-refractivity contribution in [3.8, 4) is 0 Å². The van der Waals surface area contributed by atoms with Gasteiger partial charge in [-0.15, -0.1) is 0 Å². The van der Waals surface area contributed by atoms with Gasteiger partial charge in [-0.2, -0.15) is 0 Å². The smallest absolute Gasteiger partial charge is 0.242 e. The van der Waals surface area contributed by atoms with Crippen molar-refractivity contribution in [1.82, 2.24) is 0 Å². The summed E-state index contributed by atoms with van der Waals surface area (Å²) in [6.45, 7) is 0. The van der Waals surface area contributed by atoms with Gasteiger partial charge in [-0.3, -0.25) is 0 Å². The molecule has 0 atom stereocenters. The molecule has 0 spiro atoms. The third-order valence-corrected chi connectivity index (χ3v) is 1.12. The summed E-state index contributed by atoms with van der Waals surface area (Å²) >= 11 is 0. The number of rotatable bonds is 0. The molecule has 0 saturated heterocycles. The van der Waals surface area contributed by atoms with Gasteiger partial charge in [-0.25, -0.2) is 38.7 Å². The van der Waals surface area contributed by atoms with Crippen LogP contribution in [0.5, 0.6) is 0 Å². The molecule has 0 unspecified atom stereocenters. The fraction of sp³-hybridized carbons (Fsp3) is 0. The van der Waals surface area contributed by atoms with E-state index in [0.717, 1.165) is 0 Å². The molecule has 1 aliphatic rings. The minimum absolute atomic E-state index is 0.620. The van der Waals surface area contributed by atoms with Crippen molar-refractivity contribution in [3.63, 3.8) is 0 Å². The number of hydrogen-bond acceptors (Lipinski definition) is 8. The van der Waals surface area contributed by atoms with Crippen LogP contribution in [0.2, 0.25) is 0 Å². The zero-order valence-electron chi connectivity index (χ0n) is 7.58. The molecule has 1 heterocycles. The monoisotopic (exact) mass is 228 g/mol. The summed E-state index contributed by atoms with van der Waals surface area (Å²) in [5.41, 5.74) is 0. The SMILES string of the molecule is O=C1/C=C\C(=O)OOC(=O)/C=C\C(=O)OO1. The van der Waals surface area contributed by atoms with Gasteiger partial charge in [0, 0.05) is 24.3 Å². The molecule has 16 heavy (non-hydrogen) atoms. The largest absolute Gasteiger partial charge is 0.379 e. The van der Waals surface area contributed by atoms with Gasteiger partial charge < -0.3 is 0 Å². The predicted molar refractivity (Wildman–Crippen MR) is 42.6 cm³/mol. The van der Waals surface area contributed by atoms with Gasteiger partial charge in [0.05, 0.1) is 0 Å². The lowest BCUT2D eigenvalue weighted by atomic mass is 10.5. The Hall–Kier alpha value is -2.64. The molecule has 0 amide bonds. The summed E-state index contributed by atoms with van der Waals surface area (Å²) in [5.74, 6) is -4.42. The highest BCUT2D eigenvalue weighted by molar-refractivity contribution is 5.94. The van der Waals surface area contributed by atoms with E-state index < -0.39 is 23.9 Å². The summed E-state index contributed by atoms with van der Waals surface area (Å²) in [4.78, 5) is 58.6. The van der Waals surface area contributed by atoms with E-state index in [4.69, 9.17) is 0 Å². The third kappa shape index (κ3) is 4.05. The van der Waals surface area contributed by atoms with Crippen LogP contribution in [0.1, 0.15) is 0 Å². The Morgan fingerprint density at radius 3 is 0.875 bits per heavy atom. The molecule has 0 radical (unpaired) electrons. The second kappa shape index (κ2) is 5.29. The maximum absolute atomic E-state index is 10.7. The van der Waals surface area contributed by atoms with Crippen LogP contribution in [0.25, 0.3) is 0 Å². The summed E-state index contributed by atoms with van der Waals surface area (Å²) < 4.78 is 0.